The number of benzene rings is 2. The summed E-state index contributed by atoms with van der Waals surface area (Å²) in [5.41, 5.74) is 5.41. The van der Waals surface area contributed by atoms with Gasteiger partial charge in [0.05, 0.1) is 22.1 Å². The maximum atomic E-state index is 5.73. The molecule has 3 aromatic heterocycles. The molecule has 0 aliphatic carbocycles. The molecule has 0 bridgehead atoms. The van der Waals surface area contributed by atoms with E-state index in [0.717, 1.165) is 45.1 Å². The molecular weight excluding hydrogens is 402 g/mol. The van der Waals surface area contributed by atoms with Crippen molar-refractivity contribution in [2.75, 3.05) is 13.2 Å². The highest BCUT2D eigenvalue weighted by Crippen LogP contribution is 2.28. The van der Waals surface area contributed by atoms with E-state index in [9.17, 15) is 0 Å². The Morgan fingerprint density at radius 1 is 0.594 bits per heavy atom. The molecule has 0 fully saturated rings. The van der Waals surface area contributed by atoms with Crippen molar-refractivity contribution in [1.82, 2.24) is 24.1 Å². The molecule has 0 aliphatic heterocycles. The summed E-state index contributed by atoms with van der Waals surface area (Å²) in [5, 5.41) is 0. The van der Waals surface area contributed by atoms with E-state index in [1.165, 1.54) is 0 Å². The smallest absolute Gasteiger partial charge is 0.161 e. The minimum Gasteiger partial charge on any atom is -0.361 e. The van der Waals surface area contributed by atoms with Gasteiger partial charge in [0.15, 0.2) is 11.6 Å². The first-order chi connectivity index (χ1) is 15.8. The molecule has 0 spiro atoms. The summed E-state index contributed by atoms with van der Waals surface area (Å²) in [6, 6.07) is 22.1. The molecule has 162 valence electrons. The summed E-state index contributed by atoms with van der Waals surface area (Å²) in [7, 11) is 0. The van der Waals surface area contributed by atoms with Gasteiger partial charge in [-0.25, -0.2) is 15.0 Å². The quantitative estimate of drug-likeness (QED) is 0.345. The van der Waals surface area contributed by atoms with E-state index in [4.69, 9.17) is 24.4 Å². The fraction of sp³-hybridized carbons (Fsp3) is 0.240. The van der Waals surface area contributed by atoms with Crippen LogP contribution in [0.5, 0.6) is 0 Å². The molecule has 0 amide bonds. The second-order valence-electron chi connectivity index (χ2n) is 7.36. The molecule has 0 radical (unpaired) electrons. The number of fused-ring (bicyclic) bond motifs is 2. The normalized spacial score (nSPS) is 11.6. The first-order valence-electron chi connectivity index (χ1n) is 10.8. The van der Waals surface area contributed by atoms with Crippen LogP contribution in [0.4, 0.5) is 0 Å². The summed E-state index contributed by atoms with van der Waals surface area (Å²) in [5.74, 6) is 1.54. The third-order valence-corrected chi connectivity index (χ3v) is 5.37. The van der Waals surface area contributed by atoms with E-state index in [1.807, 2.05) is 68.4 Å². The summed E-state index contributed by atoms with van der Waals surface area (Å²) >= 11 is 0. The molecule has 32 heavy (non-hydrogen) atoms. The molecule has 0 aliphatic rings. The van der Waals surface area contributed by atoms with Crippen LogP contribution in [-0.4, -0.2) is 37.3 Å². The fourth-order valence-corrected chi connectivity index (χ4v) is 3.85. The summed E-state index contributed by atoms with van der Waals surface area (Å²) in [6.07, 6.45) is 0. The van der Waals surface area contributed by atoms with Gasteiger partial charge in [-0.15, -0.1) is 0 Å². The SMILES string of the molecule is CCOCn1c(-c2cccc(-c3nc4ccccc4n3COCC)n2)nc2ccccc21. The Kier molecular flexibility index (Phi) is 5.66. The summed E-state index contributed by atoms with van der Waals surface area (Å²) in [4.78, 5) is 14.7. The van der Waals surface area contributed by atoms with Gasteiger partial charge in [0.2, 0.25) is 0 Å². The lowest BCUT2D eigenvalue weighted by molar-refractivity contribution is 0.0915. The van der Waals surface area contributed by atoms with Gasteiger partial charge in [-0.05, 0) is 50.2 Å². The Bertz CT molecular complexity index is 1270. The second-order valence-corrected chi connectivity index (χ2v) is 7.36. The molecule has 7 nitrogen and oxygen atoms in total. The highest BCUT2D eigenvalue weighted by molar-refractivity contribution is 5.81. The maximum Gasteiger partial charge on any atom is 0.161 e. The molecule has 5 aromatic rings. The van der Waals surface area contributed by atoms with Gasteiger partial charge in [0.25, 0.3) is 0 Å². The Morgan fingerprint density at radius 2 is 1.06 bits per heavy atom. The summed E-state index contributed by atoms with van der Waals surface area (Å²) < 4.78 is 15.6. The number of hydrogen-bond donors (Lipinski definition) is 0. The van der Waals surface area contributed by atoms with Gasteiger partial charge < -0.3 is 9.47 Å². The fourth-order valence-electron chi connectivity index (χ4n) is 3.85. The number of ether oxygens (including phenoxy) is 2. The molecule has 0 atom stereocenters. The monoisotopic (exact) mass is 427 g/mol. The van der Waals surface area contributed by atoms with Crippen LogP contribution >= 0.6 is 0 Å². The number of pyridine rings is 1. The lowest BCUT2D eigenvalue weighted by atomic mass is 10.2. The van der Waals surface area contributed by atoms with Gasteiger partial charge in [-0.2, -0.15) is 0 Å². The number of hydrogen-bond acceptors (Lipinski definition) is 5. The number of imidazole rings is 2. The van der Waals surface area contributed by atoms with Crippen LogP contribution in [0.3, 0.4) is 0 Å². The minimum absolute atomic E-state index is 0.418. The molecule has 5 rings (SSSR count). The van der Waals surface area contributed by atoms with E-state index < -0.39 is 0 Å². The van der Waals surface area contributed by atoms with Gasteiger partial charge in [0, 0.05) is 13.2 Å². The molecule has 0 N–H and O–H groups in total. The Hall–Kier alpha value is -3.55. The van der Waals surface area contributed by atoms with Crippen LogP contribution < -0.4 is 0 Å². The van der Waals surface area contributed by atoms with Crippen molar-refractivity contribution in [2.24, 2.45) is 0 Å². The maximum absolute atomic E-state index is 5.73. The Balaban J connectivity index is 1.64. The lowest BCUT2D eigenvalue weighted by Gasteiger charge is -2.11. The van der Waals surface area contributed by atoms with Crippen molar-refractivity contribution in [3.05, 3.63) is 66.7 Å². The van der Waals surface area contributed by atoms with Crippen LogP contribution in [0, 0.1) is 0 Å². The average Bonchev–Trinajstić information content (AvgIpc) is 3.40. The Labute approximate surface area is 186 Å². The van der Waals surface area contributed by atoms with Crippen molar-refractivity contribution < 1.29 is 9.47 Å². The van der Waals surface area contributed by atoms with E-state index in [-0.39, 0.29) is 0 Å². The van der Waals surface area contributed by atoms with Gasteiger partial charge in [0.1, 0.15) is 24.8 Å². The van der Waals surface area contributed by atoms with Crippen molar-refractivity contribution in [2.45, 2.75) is 27.3 Å². The van der Waals surface area contributed by atoms with Crippen LogP contribution in [0.15, 0.2) is 66.7 Å². The molecule has 0 unspecified atom stereocenters. The minimum atomic E-state index is 0.418. The topological polar surface area (TPSA) is 67.0 Å². The first kappa shape index (κ1) is 20.4. The average molecular weight is 428 g/mol. The van der Waals surface area contributed by atoms with Gasteiger partial charge in [-0.1, -0.05) is 30.3 Å². The third kappa shape index (κ3) is 3.66. The number of para-hydroxylation sites is 4. The highest BCUT2D eigenvalue weighted by Gasteiger charge is 2.17. The van der Waals surface area contributed by atoms with Crippen LogP contribution in [0.25, 0.3) is 45.1 Å². The zero-order valence-electron chi connectivity index (χ0n) is 18.2. The lowest BCUT2D eigenvalue weighted by Crippen LogP contribution is -2.07. The number of nitrogens with zero attached hydrogens (tertiary/aromatic N) is 5. The second kappa shape index (κ2) is 8.90. The van der Waals surface area contributed by atoms with E-state index >= 15 is 0 Å². The van der Waals surface area contributed by atoms with Crippen LogP contribution in [0.1, 0.15) is 13.8 Å². The van der Waals surface area contributed by atoms with Crippen LogP contribution in [-0.2, 0) is 22.9 Å². The zero-order chi connectivity index (χ0) is 21.9. The van der Waals surface area contributed by atoms with Crippen molar-refractivity contribution >= 4 is 22.1 Å². The van der Waals surface area contributed by atoms with Gasteiger partial charge >= 0.3 is 0 Å². The van der Waals surface area contributed by atoms with Gasteiger partial charge in [-0.3, -0.25) is 9.13 Å². The summed E-state index contributed by atoms with van der Waals surface area (Å²) in [6.45, 7) is 6.06. The number of aromatic nitrogens is 5. The third-order valence-electron chi connectivity index (χ3n) is 5.37. The largest absolute Gasteiger partial charge is 0.361 e. The molecule has 2 aromatic carbocycles. The van der Waals surface area contributed by atoms with E-state index in [2.05, 4.69) is 21.3 Å². The molecule has 3 heterocycles. The molecule has 7 heteroatoms. The molecular formula is C25H25N5O2. The molecule has 0 saturated carbocycles. The van der Waals surface area contributed by atoms with Crippen molar-refractivity contribution in [1.29, 1.82) is 0 Å². The van der Waals surface area contributed by atoms with Crippen molar-refractivity contribution in [3.63, 3.8) is 0 Å². The standard InChI is InChI=1S/C25H25N5O2/c1-3-31-16-29-22-14-7-5-10-18(22)27-24(29)20-12-9-13-21(26-20)25-28-19-11-6-8-15-23(19)30(25)17-32-4-2/h5-15H,3-4,16-17H2,1-2H3. The number of rotatable bonds is 8. The molecule has 0 saturated heterocycles. The van der Waals surface area contributed by atoms with E-state index in [0.29, 0.717) is 26.7 Å². The first-order valence-corrected chi connectivity index (χ1v) is 10.8. The predicted octanol–water partition coefficient (Wildman–Crippen LogP) is 5.10. The van der Waals surface area contributed by atoms with E-state index in [1.54, 1.807) is 0 Å². The highest BCUT2D eigenvalue weighted by atomic mass is 16.5. The Morgan fingerprint density at radius 3 is 1.53 bits per heavy atom. The van der Waals surface area contributed by atoms with Crippen molar-refractivity contribution in [3.8, 4) is 23.0 Å². The predicted molar refractivity (Wildman–Crippen MR) is 125 cm³/mol. The van der Waals surface area contributed by atoms with Crippen LogP contribution in [0.2, 0.25) is 0 Å². The zero-order valence-corrected chi connectivity index (χ0v) is 18.2.